The minimum Gasteiger partial charge on any atom is -0.304 e. The lowest BCUT2D eigenvalue weighted by Crippen LogP contribution is -2.44. The predicted octanol–water partition coefficient (Wildman–Crippen LogP) is 6.73. The smallest absolute Gasteiger partial charge is 0.0712 e. The topological polar surface area (TPSA) is 13.0 Å². The second kappa shape index (κ2) is 20.7. The van der Waals surface area contributed by atoms with E-state index in [1.165, 1.54) is 114 Å². The average Bonchev–Trinajstić information content (AvgIpc) is 2.92. The van der Waals surface area contributed by atoms with Crippen molar-refractivity contribution in [2.24, 2.45) is 0 Å². The molecule has 0 aromatic rings. The van der Waals surface area contributed by atoms with Gasteiger partial charge in [0.1, 0.15) is 0 Å². The molecule has 0 aliphatic carbocycles. The molecule has 2 rings (SSSR count). The largest absolute Gasteiger partial charge is 0.304 e. The van der Waals surface area contributed by atoms with Crippen LogP contribution in [0.2, 0.25) is 6.32 Å². The molecule has 0 amide bonds. The van der Waals surface area contributed by atoms with Gasteiger partial charge in [-0.05, 0) is 79.3 Å². The van der Waals surface area contributed by atoms with Crippen LogP contribution in [0.1, 0.15) is 85.0 Å². The number of allylic oxidation sites excluding steroid dienone is 6. The summed E-state index contributed by atoms with van der Waals surface area (Å²) in [6.45, 7) is 18.7. The highest BCUT2D eigenvalue weighted by Gasteiger charge is 2.14. The Morgan fingerprint density at radius 1 is 0.590 bits per heavy atom. The van der Waals surface area contributed by atoms with Crippen molar-refractivity contribution in [2.75, 3.05) is 79.5 Å². The Morgan fingerprint density at radius 2 is 1.03 bits per heavy atom. The van der Waals surface area contributed by atoms with E-state index >= 15 is 0 Å². The maximum absolute atomic E-state index is 6.15. The molecule has 2 fully saturated rings. The standard InChI is InChI=1S/C34H61BN4/c1-6-7-8-9-15-33(16-10-13-31(2)29-38-24-20-36(4)21-25-38)17-12-19-34(28-35)18-11-14-32(3)30-39-26-22-37(5)23-27-39/h13-15,19H,6-12,16-18,20-30H2,1-5H3/b31-13-,32-14-,33-15+,34-19+. The number of nitrogens with zero attached hydrogens (tertiary/aromatic N) is 4. The Morgan fingerprint density at radius 3 is 1.49 bits per heavy atom. The Bertz CT molecular complexity index is 768. The molecule has 2 aliphatic rings. The van der Waals surface area contributed by atoms with Gasteiger partial charge in [0.2, 0.25) is 0 Å². The van der Waals surface area contributed by atoms with E-state index < -0.39 is 0 Å². The summed E-state index contributed by atoms with van der Waals surface area (Å²) >= 11 is 0. The van der Waals surface area contributed by atoms with Gasteiger partial charge in [-0.25, -0.2) is 0 Å². The molecule has 2 aliphatic heterocycles. The van der Waals surface area contributed by atoms with Gasteiger partial charge in [-0.1, -0.05) is 72.7 Å². The third-order valence-corrected chi connectivity index (χ3v) is 8.46. The second-order valence-corrected chi connectivity index (χ2v) is 12.3. The summed E-state index contributed by atoms with van der Waals surface area (Å²) in [4.78, 5) is 10.1. The molecule has 2 heterocycles. The summed E-state index contributed by atoms with van der Waals surface area (Å²) in [7, 11) is 10.6. The summed E-state index contributed by atoms with van der Waals surface area (Å²) in [5.41, 5.74) is 6.10. The van der Waals surface area contributed by atoms with E-state index in [0.717, 1.165) is 32.4 Å². The first-order chi connectivity index (χ1) is 18.9. The number of piperazine rings is 2. The molecule has 39 heavy (non-hydrogen) atoms. The Hall–Kier alpha value is -1.14. The van der Waals surface area contributed by atoms with E-state index in [4.69, 9.17) is 7.85 Å². The zero-order chi connectivity index (χ0) is 28.3. The van der Waals surface area contributed by atoms with E-state index in [0.29, 0.717) is 6.32 Å². The summed E-state index contributed by atoms with van der Waals surface area (Å²) in [6.07, 6.45) is 22.7. The van der Waals surface area contributed by atoms with E-state index in [1.807, 2.05) is 0 Å². The molecule has 2 saturated heterocycles. The normalized spacial score (nSPS) is 20.2. The quantitative estimate of drug-likeness (QED) is 0.109. The van der Waals surface area contributed by atoms with Crippen LogP contribution in [0.15, 0.2) is 46.6 Å². The molecule has 5 heteroatoms. The Labute approximate surface area is 244 Å². The van der Waals surface area contributed by atoms with Crippen LogP contribution in [-0.4, -0.2) is 107 Å². The Balaban J connectivity index is 1.77. The molecule has 0 aromatic heterocycles. The zero-order valence-corrected chi connectivity index (χ0v) is 26.5. The van der Waals surface area contributed by atoms with Crippen LogP contribution in [0.4, 0.5) is 0 Å². The van der Waals surface area contributed by atoms with Crippen molar-refractivity contribution in [2.45, 2.75) is 91.3 Å². The van der Waals surface area contributed by atoms with Gasteiger partial charge in [0.25, 0.3) is 0 Å². The monoisotopic (exact) mass is 536 g/mol. The lowest BCUT2D eigenvalue weighted by atomic mass is 9.91. The number of unbranched alkanes of at least 4 members (excludes halogenated alkanes) is 3. The molecule has 0 N–H and O–H groups in total. The van der Waals surface area contributed by atoms with Gasteiger partial charge >= 0.3 is 0 Å². The van der Waals surface area contributed by atoms with Crippen LogP contribution in [0.5, 0.6) is 0 Å². The summed E-state index contributed by atoms with van der Waals surface area (Å²) in [5, 5.41) is 0. The maximum atomic E-state index is 6.15. The lowest BCUT2D eigenvalue weighted by Gasteiger charge is -2.32. The van der Waals surface area contributed by atoms with Gasteiger partial charge in [-0.3, -0.25) is 9.80 Å². The lowest BCUT2D eigenvalue weighted by molar-refractivity contribution is 0.164. The van der Waals surface area contributed by atoms with Crippen LogP contribution in [0.25, 0.3) is 0 Å². The number of likely N-dealkylation sites (N-methyl/N-ethyl adjacent to an activating group) is 2. The zero-order valence-electron chi connectivity index (χ0n) is 26.5. The fraction of sp³-hybridized carbons (Fsp3) is 0.765. The minimum atomic E-state index is 0.690. The number of rotatable bonds is 18. The van der Waals surface area contributed by atoms with Gasteiger partial charge in [0.05, 0.1) is 7.85 Å². The third kappa shape index (κ3) is 16.0. The third-order valence-electron chi connectivity index (χ3n) is 8.46. The molecule has 0 unspecified atom stereocenters. The second-order valence-electron chi connectivity index (χ2n) is 12.3. The van der Waals surface area contributed by atoms with Crippen LogP contribution in [0, 0.1) is 0 Å². The molecular formula is C34H61BN4. The van der Waals surface area contributed by atoms with Gasteiger partial charge < -0.3 is 9.80 Å². The van der Waals surface area contributed by atoms with Crippen molar-refractivity contribution in [1.82, 2.24) is 19.6 Å². The van der Waals surface area contributed by atoms with Crippen LogP contribution >= 0.6 is 0 Å². The van der Waals surface area contributed by atoms with Gasteiger partial charge in [0, 0.05) is 65.4 Å². The van der Waals surface area contributed by atoms with Crippen LogP contribution < -0.4 is 0 Å². The minimum absolute atomic E-state index is 0.690. The first-order valence-electron chi connectivity index (χ1n) is 16.1. The van der Waals surface area contributed by atoms with Crippen LogP contribution in [-0.2, 0) is 0 Å². The Kier molecular flexibility index (Phi) is 18.1. The van der Waals surface area contributed by atoms with Gasteiger partial charge in [0.15, 0.2) is 0 Å². The molecule has 0 spiro atoms. The highest BCUT2D eigenvalue weighted by Crippen LogP contribution is 2.19. The van der Waals surface area contributed by atoms with Crippen molar-refractivity contribution < 1.29 is 0 Å². The van der Waals surface area contributed by atoms with Gasteiger partial charge in [-0.15, -0.1) is 0 Å². The van der Waals surface area contributed by atoms with E-state index in [1.54, 1.807) is 5.57 Å². The van der Waals surface area contributed by atoms with Crippen molar-refractivity contribution in [3.05, 3.63) is 46.6 Å². The molecule has 0 saturated carbocycles. The van der Waals surface area contributed by atoms with Crippen molar-refractivity contribution in [3.8, 4) is 0 Å². The predicted molar refractivity (Wildman–Crippen MR) is 174 cm³/mol. The number of hydrogen-bond acceptors (Lipinski definition) is 4. The molecule has 0 bridgehead atoms. The van der Waals surface area contributed by atoms with Crippen molar-refractivity contribution in [3.63, 3.8) is 0 Å². The van der Waals surface area contributed by atoms with E-state index in [2.05, 4.69) is 78.8 Å². The molecule has 220 valence electrons. The van der Waals surface area contributed by atoms with E-state index in [-0.39, 0.29) is 0 Å². The van der Waals surface area contributed by atoms with Crippen molar-refractivity contribution in [1.29, 1.82) is 0 Å². The molecule has 0 aromatic carbocycles. The molecule has 2 radical (unpaired) electrons. The van der Waals surface area contributed by atoms with Crippen LogP contribution in [0.3, 0.4) is 0 Å². The first kappa shape index (κ1) is 34.1. The average molecular weight is 537 g/mol. The summed E-state index contributed by atoms with van der Waals surface area (Å²) < 4.78 is 0. The summed E-state index contributed by atoms with van der Waals surface area (Å²) in [6, 6.07) is 0. The number of hydrogen-bond donors (Lipinski definition) is 0. The summed E-state index contributed by atoms with van der Waals surface area (Å²) in [5.74, 6) is 0. The first-order valence-corrected chi connectivity index (χ1v) is 16.1. The SMILES string of the molecule is [B]C/C(=C/CC/C(=C/CCCCC)CC/C=C(/C)CN1CCN(C)CC1)CC/C=C(/C)CN1CCN(C)CC1. The fourth-order valence-corrected chi connectivity index (χ4v) is 5.63. The maximum Gasteiger partial charge on any atom is 0.0712 e. The molecular weight excluding hydrogens is 475 g/mol. The van der Waals surface area contributed by atoms with Crippen molar-refractivity contribution >= 4 is 7.85 Å². The molecule has 4 nitrogen and oxygen atoms in total. The highest BCUT2D eigenvalue weighted by atomic mass is 15.2. The fourth-order valence-electron chi connectivity index (χ4n) is 5.63. The van der Waals surface area contributed by atoms with E-state index in [9.17, 15) is 0 Å². The highest BCUT2D eigenvalue weighted by molar-refractivity contribution is 6.10. The van der Waals surface area contributed by atoms with Gasteiger partial charge in [-0.2, -0.15) is 0 Å². The molecule has 0 atom stereocenters.